The summed E-state index contributed by atoms with van der Waals surface area (Å²) in [6.45, 7) is 5.03. The van der Waals surface area contributed by atoms with E-state index in [-0.39, 0.29) is 11.7 Å². The highest BCUT2D eigenvalue weighted by molar-refractivity contribution is 8.01. The zero-order valence-corrected chi connectivity index (χ0v) is 17.2. The van der Waals surface area contributed by atoms with E-state index in [4.69, 9.17) is 4.74 Å². The van der Waals surface area contributed by atoms with E-state index in [1.54, 1.807) is 19.1 Å². The van der Waals surface area contributed by atoms with Crippen LogP contribution in [0.4, 0.5) is 15.8 Å². The number of nitrogens with one attached hydrogen (secondary N) is 2. The molecule has 8 heteroatoms. The monoisotopic (exact) mass is 418 g/mol. The number of rotatable bonds is 8. The molecule has 0 saturated heterocycles. The van der Waals surface area contributed by atoms with Crippen LogP contribution in [0.1, 0.15) is 19.4 Å². The van der Waals surface area contributed by atoms with Gasteiger partial charge in [-0.2, -0.15) is 0 Å². The molecule has 2 aromatic rings. The molecule has 2 amide bonds. The molecule has 0 bridgehead atoms. The fourth-order valence-electron chi connectivity index (χ4n) is 2.20. The van der Waals surface area contributed by atoms with E-state index in [0.717, 1.165) is 17.3 Å². The first-order valence-electron chi connectivity index (χ1n) is 8.99. The molecule has 0 aliphatic carbocycles. The van der Waals surface area contributed by atoms with Gasteiger partial charge in [-0.15, -0.1) is 11.8 Å². The van der Waals surface area contributed by atoms with Crippen LogP contribution >= 0.6 is 11.8 Å². The number of hydrogen-bond donors (Lipinski definition) is 2. The Kier molecular flexibility index (Phi) is 8.21. The van der Waals surface area contributed by atoms with Gasteiger partial charge in [0, 0.05) is 11.4 Å². The Bertz CT molecular complexity index is 856. The molecule has 2 aromatic carbocycles. The zero-order chi connectivity index (χ0) is 21.4. The number of halogens is 1. The van der Waals surface area contributed by atoms with Crippen molar-refractivity contribution in [2.24, 2.45) is 0 Å². The summed E-state index contributed by atoms with van der Waals surface area (Å²) in [5.74, 6) is -1.73. The normalized spacial score (nSPS) is 12.6. The number of thioether (sulfide) groups is 1. The van der Waals surface area contributed by atoms with Crippen molar-refractivity contribution in [3.05, 3.63) is 59.9 Å². The molecule has 0 unspecified atom stereocenters. The molecule has 0 fully saturated rings. The summed E-state index contributed by atoms with van der Waals surface area (Å²) in [7, 11) is 0. The lowest BCUT2D eigenvalue weighted by molar-refractivity contribution is -0.152. The van der Waals surface area contributed by atoms with Crippen LogP contribution in [-0.2, 0) is 19.1 Å². The molecule has 2 rings (SSSR count). The van der Waals surface area contributed by atoms with Gasteiger partial charge in [0.05, 0.1) is 5.75 Å². The highest BCUT2D eigenvalue weighted by Crippen LogP contribution is 2.16. The predicted octanol–water partition coefficient (Wildman–Crippen LogP) is 3.76. The minimum absolute atomic E-state index is 0.0115. The van der Waals surface area contributed by atoms with E-state index in [1.807, 2.05) is 19.1 Å². The Labute approximate surface area is 173 Å². The van der Waals surface area contributed by atoms with Crippen molar-refractivity contribution < 1.29 is 23.5 Å². The van der Waals surface area contributed by atoms with E-state index in [0.29, 0.717) is 11.4 Å². The van der Waals surface area contributed by atoms with Crippen LogP contribution < -0.4 is 10.6 Å². The van der Waals surface area contributed by atoms with Gasteiger partial charge in [-0.25, -0.2) is 4.39 Å². The molecule has 0 aliphatic rings. The number of esters is 1. The largest absolute Gasteiger partial charge is 0.452 e. The van der Waals surface area contributed by atoms with Crippen LogP contribution in [0.2, 0.25) is 0 Å². The molecule has 29 heavy (non-hydrogen) atoms. The van der Waals surface area contributed by atoms with Crippen molar-refractivity contribution >= 4 is 40.9 Å². The predicted molar refractivity (Wildman–Crippen MR) is 112 cm³/mol. The third-order valence-corrected chi connectivity index (χ3v) is 5.03. The third-order valence-electron chi connectivity index (χ3n) is 3.91. The van der Waals surface area contributed by atoms with Gasteiger partial charge < -0.3 is 15.4 Å². The molecular formula is C21H23FN2O4S. The highest BCUT2D eigenvalue weighted by Gasteiger charge is 2.23. The van der Waals surface area contributed by atoms with Crippen LogP contribution in [-0.4, -0.2) is 34.9 Å². The molecule has 2 N–H and O–H groups in total. The van der Waals surface area contributed by atoms with Crippen molar-refractivity contribution in [1.29, 1.82) is 0 Å². The average Bonchev–Trinajstić information content (AvgIpc) is 2.69. The van der Waals surface area contributed by atoms with Crippen molar-refractivity contribution in [3.63, 3.8) is 0 Å². The molecule has 0 heterocycles. The second-order valence-electron chi connectivity index (χ2n) is 6.44. The van der Waals surface area contributed by atoms with Gasteiger partial charge in [-0.3, -0.25) is 14.4 Å². The van der Waals surface area contributed by atoms with E-state index in [9.17, 15) is 18.8 Å². The molecule has 0 radical (unpaired) electrons. The van der Waals surface area contributed by atoms with Crippen molar-refractivity contribution in [1.82, 2.24) is 0 Å². The van der Waals surface area contributed by atoms with Gasteiger partial charge >= 0.3 is 5.97 Å². The zero-order valence-electron chi connectivity index (χ0n) is 16.4. The van der Waals surface area contributed by atoms with E-state index in [2.05, 4.69) is 10.6 Å². The van der Waals surface area contributed by atoms with Crippen LogP contribution in [0.15, 0.2) is 48.5 Å². The van der Waals surface area contributed by atoms with Gasteiger partial charge in [0.1, 0.15) is 11.1 Å². The van der Waals surface area contributed by atoms with Gasteiger partial charge in [0.15, 0.2) is 6.10 Å². The summed E-state index contributed by atoms with van der Waals surface area (Å²) < 4.78 is 18.1. The Morgan fingerprint density at radius 1 is 0.966 bits per heavy atom. The van der Waals surface area contributed by atoms with E-state index < -0.39 is 29.0 Å². The second kappa shape index (κ2) is 10.6. The van der Waals surface area contributed by atoms with Crippen molar-refractivity contribution in [3.8, 4) is 0 Å². The Morgan fingerprint density at radius 2 is 1.52 bits per heavy atom. The van der Waals surface area contributed by atoms with Gasteiger partial charge in [-0.1, -0.05) is 17.7 Å². The lowest BCUT2D eigenvalue weighted by Gasteiger charge is -2.16. The number of anilines is 2. The average molecular weight is 418 g/mol. The summed E-state index contributed by atoms with van der Waals surface area (Å²) in [6.07, 6.45) is -0.972. The maximum Gasteiger partial charge on any atom is 0.319 e. The molecule has 0 aromatic heterocycles. The number of hydrogen-bond acceptors (Lipinski definition) is 5. The van der Waals surface area contributed by atoms with E-state index in [1.165, 1.54) is 31.2 Å². The number of carbonyl (C=O) groups is 3. The summed E-state index contributed by atoms with van der Waals surface area (Å²) >= 11 is 1.08. The van der Waals surface area contributed by atoms with Gasteiger partial charge in [-0.05, 0) is 57.2 Å². The van der Waals surface area contributed by atoms with Gasteiger partial charge in [0.25, 0.3) is 5.91 Å². The smallest absolute Gasteiger partial charge is 0.319 e. The lowest BCUT2D eigenvalue weighted by Crippen LogP contribution is -2.32. The number of carbonyl (C=O) groups excluding carboxylic acids is 3. The highest BCUT2D eigenvalue weighted by atomic mass is 32.2. The van der Waals surface area contributed by atoms with Gasteiger partial charge in [0.2, 0.25) is 5.91 Å². The molecular weight excluding hydrogens is 395 g/mol. The fraction of sp³-hybridized carbons (Fsp3) is 0.286. The summed E-state index contributed by atoms with van der Waals surface area (Å²) in [6, 6.07) is 12.6. The first-order valence-corrected chi connectivity index (χ1v) is 10.0. The van der Waals surface area contributed by atoms with Crippen molar-refractivity contribution in [2.45, 2.75) is 32.1 Å². The van der Waals surface area contributed by atoms with E-state index >= 15 is 0 Å². The molecule has 0 aliphatic heterocycles. The molecule has 154 valence electrons. The topological polar surface area (TPSA) is 84.5 Å². The maximum absolute atomic E-state index is 12.9. The summed E-state index contributed by atoms with van der Waals surface area (Å²) in [5.41, 5.74) is 2.15. The molecule has 0 saturated carbocycles. The lowest BCUT2D eigenvalue weighted by atomic mass is 10.2. The summed E-state index contributed by atoms with van der Waals surface area (Å²) in [4.78, 5) is 36.3. The first-order chi connectivity index (χ1) is 13.7. The number of ether oxygens (including phenoxy) is 1. The molecule has 0 spiro atoms. The number of aryl methyl sites for hydroxylation is 1. The standard InChI is InChI=1S/C21H23FN2O4S/c1-13-4-8-18(9-5-13)24-20(26)14(2)28-21(27)15(3)29-12-19(25)23-17-10-6-16(22)7-11-17/h4-11,14-15H,12H2,1-3H3,(H,23,25)(H,24,26)/t14-,15+/m1/s1. The molecule has 6 nitrogen and oxygen atoms in total. The van der Waals surface area contributed by atoms with Crippen LogP contribution in [0.25, 0.3) is 0 Å². The third kappa shape index (κ3) is 7.57. The van der Waals surface area contributed by atoms with Crippen molar-refractivity contribution in [2.75, 3.05) is 16.4 Å². The second-order valence-corrected chi connectivity index (χ2v) is 7.77. The Morgan fingerprint density at radius 3 is 2.14 bits per heavy atom. The quantitative estimate of drug-likeness (QED) is 0.638. The minimum Gasteiger partial charge on any atom is -0.452 e. The molecule has 2 atom stereocenters. The Hall–Kier alpha value is -2.87. The minimum atomic E-state index is -0.972. The van der Waals surface area contributed by atoms with Crippen LogP contribution in [0, 0.1) is 12.7 Å². The number of amides is 2. The first kappa shape index (κ1) is 22.4. The maximum atomic E-state index is 12.9. The van der Waals surface area contributed by atoms with Crippen LogP contribution in [0.3, 0.4) is 0 Å². The Balaban J connectivity index is 1.75. The summed E-state index contributed by atoms with van der Waals surface area (Å²) in [5, 5.41) is 4.66. The fourth-order valence-corrected chi connectivity index (χ4v) is 2.87. The number of benzene rings is 2. The SMILES string of the molecule is Cc1ccc(NC(=O)[C@@H](C)OC(=O)[C@H](C)SCC(=O)Nc2ccc(F)cc2)cc1. The van der Waals surface area contributed by atoms with Crippen LogP contribution in [0.5, 0.6) is 0 Å².